The second kappa shape index (κ2) is 6.61. The van der Waals surface area contributed by atoms with Gasteiger partial charge in [0.15, 0.2) is 0 Å². The Bertz CT molecular complexity index is 653. The maximum Gasteiger partial charge on any atom is 0.250 e. The van der Waals surface area contributed by atoms with Crippen LogP contribution in [0.5, 0.6) is 5.75 Å². The average molecular weight is 290 g/mol. The van der Waals surface area contributed by atoms with Crippen LogP contribution >= 0.6 is 11.8 Å². The van der Waals surface area contributed by atoms with Crippen LogP contribution in [0, 0.1) is 6.92 Å². The average Bonchev–Trinajstić information content (AvgIpc) is 2.43. The van der Waals surface area contributed by atoms with E-state index in [4.69, 9.17) is 4.74 Å². The fraction of sp³-hybridized carbons (Fsp3) is 0.333. The molecule has 0 saturated heterocycles. The van der Waals surface area contributed by atoms with Crippen LogP contribution in [0.1, 0.15) is 17.0 Å². The van der Waals surface area contributed by atoms with Crippen molar-refractivity contribution in [2.24, 2.45) is 7.05 Å². The van der Waals surface area contributed by atoms with E-state index < -0.39 is 0 Å². The van der Waals surface area contributed by atoms with Gasteiger partial charge in [-0.1, -0.05) is 0 Å². The van der Waals surface area contributed by atoms with Crippen LogP contribution in [0.25, 0.3) is 0 Å². The minimum absolute atomic E-state index is 0.0226. The molecule has 0 atom stereocenters. The third-order valence-electron chi connectivity index (χ3n) is 2.97. The largest absolute Gasteiger partial charge is 0.495 e. The Morgan fingerprint density at radius 1 is 1.30 bits per heavy atom. The van der Waals surface area contributed by atoms with Crippen molar-refractivity contribution < 1.29 is 4.74 Å². The van der Waals surface area contributed by atoms with Crippen molar-refractivity contribution in [3.8, 4) is 5.75 Å². The second-order valence-electron chi connectivity index (χ2n) is 4.58. The summed E-state index contributed by atoms with van der Waals surface area (Å²) in [6.45, 7) is 1.97. The highest BCUT2D eigenvalue weighted by molar-refractivity contribution is 7.97. The fourth-order valence-electron chi connectivity index (χ4n) is 1.83. The van der Waals surface area contributed by atoms with Gasteiger partial charge in [-0.2, -0.15) is 11.8 Å². The molecule has 4 nitrogen and oxygen atoms in total. The number of hydrogen-bond acceptors (Lipinski definition) is 4. The van der Waals surface area contributed by atoms with E-state index in [1.807, 2.05) is 25.1 Å². The zero-order valence-electron chi connectivity index (χ0n) is 11.9. The minimum atomic E-state index is 0.0226. The number of methoxy groups -OCH3 is 1. The number of aryl methyl sites for hydroxylation is 2. The Balaban J connectivity index is 2.00. The summed E-state index contributed by atoms with van der Waals surface area (Å²) in [5, 5.41) is 0. The lowest BCUT2D eigenvalue weighted by atomic mass is 10.3. The topological polar surface area (TPSA) is 44.1 Å². The van der Waals surface area contributed by atoms with Gasteiger partial charge < -0.3 is 9.30 Å². The van der Waals surface area contributed by atoms with Crippen LogP contribution < -0.4 is 10.3 Å². The summed E-state index contributed by atoms with van der Waals surface area (Å²) in [6, 6.07) is 7.52. The maximum absolute atomic E-state index is 11.5. The van der Waals surface area contributed by atoms with E-state index in [0.29, 0.717) is 0 Å². The van der Waals surface area contributed by atoms with Gasteiger partial charge in [-0.3, -0.25) is 9.78 Å². The molecule has 5 heteroatoms. The molecule has 2 aromatic rings. The quantitative estimate of drug-likeness (QED) is 0.849. The summed E-state index contributed by atoms with van der Waals surface area (Å²) in [4.78, 5) is 16.0. The number of nitrogens with zero attached hydrogens (tertiary/aromatic N) is 2. The van der Waals surface area contributed by atoms with Crippen molar-refractivity contribution in [2.75, 3.05) is 7.11 Å². The molecule has 0 aliphatic heterocycles. The summed E-state index contributed by atoms with van der Waals surface area (Å²) in [6.07, 6.45) is 1.80. The zero-order valence-corrected chi connectivity index (χ0v) is 12.7. The van der Waals surface area contributed by atoms with E-state index in [2.05, 4.69) is 4.98 Å². The molecule has 0 amide bonds. The standard InChI is InChI=1S/C15H18N2O2S/c1-11-4-5-14(19-3)13(16-11)10-20-9-12-6-7-17(2)15(18)8-12/h4-8H,9-10H2,1-3H3. The smallest absolute Gasteiger partial charge is 0.250 e. The summed E-state index contributed by atoms with van der Waals surface area (Å²) < 4.78 is 6.88. The van der Waals surface area contributed by atoms with Gasteiger partial charge >= 0.3 is 0 Å². The molecule has 106 valence electrons. The van der Waals surface area contributed by atoms with Crippen LogP contribution in [-0.4, -0.2) is 16.7 Å². The highest BCUT2D eigenvalue weighted by Crippen LogP contribution is 2.23. The van der Waals surface area contributed by atoms with E-state index >= 15 is 0 Å². The number of pyridine rings is 2. The minimum Gasteiger partial charge on any atom is -0.495 e. The van der Waals surface area contributed by atoms with Crippen LogP contribution in [-0.2, 0) is 18.6 Å². The van der Waals surface area contributed by atoms with E-state index in [9.17, 15) is 4.79 Å². The lowest BCUT2D eigenvalue weighted by Gasteiger charge is -2.08. The molecule has 2 aromatic heterocycles. The van der Waals surface area contributed by atoms with Crippen LogP contribution in [0.4, 0.5) is 0 Å². The Hall–Kier alpha value is -1.75. The van der Waals surface area contributed by atoms with E-state index in [1.165, 1.54) is 0 Å². The highest BCUT2D eigenvalue weighted by atomic mass is 32.2. The second-order valence-corrected chi connectivity index (χ2v) is 5.56. The van der Waals surface area contributed by atoms with Gasteiger partial charge in [0, 0.05) is 36.5 Å². The van der Waals surface area contributed by atoms with E-state index in [-0.39, 0.29) is 5.56 Å². The fourth-order valence-corrected chi connectivity index (χ4v) is 2.75. The van der Waals surface area contributed by atoms with Gasteiger partial charge in [0.05, 0.1) is 12.8 Å². The number of thioether (sulfide) groups is 1. The molecule has 2 heterocycles. The predicted octanol–water partition coefficient (Wildman–Crippen LogP) is 2.53. The number of rotatable bonds is 5. The highest BCUT2D eigenvalue weighted by Gasteiger charge is 2.05. The summed E-state index contributed by atoms with van der Waals surface area (Å²) in [5.41, 5.74) is 2.98. The Morgan fingerprint density at radius 2 is 2.10 bits per heavy atom. The van der Waals surface area contributed by atoms with E-state index in [1.54, 1.807) is 42.7 Å². The lowest BCUT2D eigenvalue weighted by Crippen LogP contribution is -2.14. The first kappa shape index (κ1) is 14.7. The Morgan fingerprint density at radius 3 is 2.80 bits per heavy atom. The van der Waals surface area contributed by atoms with Gasteiger partial charge in [-0.15, -0.1) is 0 Å². The molecule has 0 fully saturated rings. The van der Waals surface area contributed by atoms with Crippen molar-refractivity contribution in [3.05, 3.63) is 57.8 Å². The molecule has 0 bridgehead atoms. The summed E-state index contributed by atoms with van der Waals surface area (Å²) in [5.74, 6) is 2.36. The van der Waals surface area contributed by atoms with Crippen LogP contribution in [0.15, 0.2) is 35.3 Å². The predicted molar refractivity (Wildman–Crippen MR) is 82.2 cm³/mol. The monoisotopic (exact) mass is 290 g/mol. The van der Waals surface area contributed by atoms with E-state index in [0.717, 1.165) is 34.2 Å². The molecular weight excluding hydrogens is 272 g/mol. The molecule has 0 radical (unpaired) electrons. The van der Waals surface area contributed by atoms with Gasteiger partial charge in [0.1, 0.15) is 5.75 Å². The van der Waals surface area contributed by atoms with Crippen LogP contribution in [0.3, 0.4) is 0 Å². The first-order valence-electron chi connectivity index (χ1n) is 6.34. The SMILES string of the molecule is COc1ccc(C)nc1CSCc1ccn(C)c(=O)c1. The van der Waals surface area contributed by atoms with Crippen molar-refractivity contribution in [1.29, 1.82) is 0 Å². The molecule has 0 aliphatic carbocycles. The van der Waals surface area contributed by atoms with Crippen LogP contribution in [0.2, 0.25) is 0 Å². The Labute approximate surface area is 122 Å². The third kappa shape index (κ3) is 3.63. The molecule has 2 rings (SSSR count). The number of aromatic nitrogens is 2. The normalized spacial score (nSPS) is 10.6. The van der Waals surface area contributed by atoms with Crippen molar-refractivity contribution in [3.63, 3.8) is 0 Å². The first-order chi connectivity index (χ1) is 9.60. The third-order valence-corrected chi connectivity index (χ3v) is 3.98. The molecule has 0 aromatic carbocycles. The summed E-state index contributed by atoms with van der Waals surface area (Å²) in [7, 11) is 3.40. The maximum atomic E-state index is 11.5. The Kier molecular flexibility index (Phi) is 4.84. The van der Waals surface area contributed by atoms with Gasteiger partial charge in [-0.25, -0.2) is 0 Å². The van der Waals surface area contributed by atoms with Gasteiger partial charge in [0.2, 0.25) is 0 Å². The van der Waals surface area contributed by atoms with Crippen molar-refractivity contribution in [2.45, 2.75) is 18.4 Å². The van der Waals surface area contributed by atoms with Crippen molar-refractivity contribution in [1.82, 2.24) is 9.55 Å². The molecule has 0 N–H and O–H groups in total. The molecular formula is C15H18N2O2S. The first-order valence-corrected chi connectivity index (χ1v) is 7.49. The number of hydrogen-bond donors (Lipinski definition) is 0. The molecule has 0 spiro atoms. The van der Waals surface area contributed by atoms with Crippen molar-refractivity contribution >= 4 is 11.8 Å². The molecule has 0 saturated carbocycles. The number of ether oxygens (including phenoxy) is 1. The molecule has 20 heavy (non-hydrogen) atoms. The summed E-state index contributed by atoms with van der Waals surface area (Å²) >= 11 is 1.72. The molecule has 0 aliphatic rings. The molecule has 0 unspecified atom stereocenters. The van der Waals surface area contributed by atoms with Gasteiger partial charge in [-0.05, 0) is 30.7 Å². The van der Waals surface area contributed by atoms with Gasteiger partial charge in [0.25, 0.3) is 5.56 Å². The lowest BCUT2D eigenvalue weighted by molar-refractivity contribution is 0.408. The zero-order chi connectivity index (χ0) is 14.5.